The van der Waals surface area contributed by atoms with Crippen molar-refractivity contribution in [2.45, 2.75) is 20.0 Å². The number of nitrogens with zero attached hydrogens (tertiary/aromatic N) is 4. The molecule has 3 rings (SSSR count). The van der Waals surface area contributed by atoms with Gasteiger partial charge in [-0.3, -0.25) is 29.0 Å². The van der Waals surface area contributed by atoms with E-state index >= 15 is 0 Å². The van der Waals surface area contributed by atoms with Gasteiger partial charge in [-0.25, -0.2) is 9.78 Å². The molecule has 3 N–H and O–H groups in total. The van der Waals surface area contributed by atoms with Gasteiger partial charge in [0, 0.05) is 13.3 Å². The summed E-state index contributed by atoms with van der Waals surface area (Å²) in [5.41, 5.74) is 6.05. The molecule has 1 amide bonds. The van der Waals surface area contributed by atoms with E-state index in [9.17, 15) is 14.4 Å². The zero-order valence-corrected chi connectivity index (χ0v) is 16.7. The number of anilines is 2. The summed E-state index contributed by atoms with van der Waals surface area (Å²) >= 11 is 0. The van der Waals surface area contributed by atoms with Crippen LogP contribution in [0.3, 0.4) is 0 Å². The highest BCUT2D eigenvalue weighted by atomic mass is 16.5. The number of aryl methyl sites for hydroxylation is 1. The maximum atomic E-state index is 13.3. The number of hydrogen-bond acceptors (Lipinski definition) is 7. The van der Waals surface area contributed by atoms with E-state index in [-0.39, 0.29) is 36.9 Å². The highest BCUT2D eigenvalue weighted by molar-refractivity contribution is 6.05. The SMILES string of the molecule is COCCn1c(N)c(N(Cc2ccccc2)C(=O)c2cnc(C)cn2)c(=O)[nH]c1=O. The first-order valence-electron chi connectivity index (χ1n) is 9.18. The van der Waals surface area contributed by atoms with Crippen LogP contribution in [0.4, 0.5) is 11.5 Å². The Labute approximate surface area is 172 Å². The van der Waals surface area contributed by atoms with Gasteiger partial charge in [0.15, 0.2) is 5.69 Å². The summed E-state index contributed by atoms with van der Waals surface area (Å²) in [5, 5.41) is 0. The van der Waals surface area contributed by atoms with Crippen LogP contribution in [0.15, 0.2) is 52.3 Å². The van der Waals surface area contributed by atoms with Crippen molar-refractivity contribution >= 4 is 17.4 Å². The number of nitrogens with one attached hydrogen (secondary N) is 1. The summed E-state index contributed by atoms with van der Waals surface area (Å²) in [4.78, 5) is 49.8. The third kappa shape index (κ3) is 4.44. The van der Waals surface area contributed by atoms with Crippen LogP contribution in [0.5, 0.6) is 0 Å². The molecule has 10 nitrogen and oxygen atoms in total. The second-order valence-electron chi connectivity index (χ2n) is 6.56. The lowest BCUT2D eigenvalue weighted by atomic mass is 10.2. The van der Waals surface area contributed by atoms with Crippen LogP contribution in [0, 0.1) is 6.92 Å². The molecule has 0 spiro atoms. The summed E-state index contributed by atoms with van der Waals surface area (Å²) < 4.78 is 6.16. The lowest BCUT2D eigenvalue weighted by Crippen LogP contribution is -2.41. The van der Waals surface area contributed by atoms with E-state index in [4.69, 9.17) is 10.5 Å². The second-order valence-corrected chi connectivity index (χ2v) is 6.56. The fraction of sp³-hybridized carbons (Fsp3) is 0.250. The second kappa shape index (κ2) is 9.14. The van der Waals surface area contributed by atoms with Crippen LogP contribution < -0.4 is 21.9 Å². The van der Waals surface area contributed by atoms with Crippen molar-refractivity contribution in [3.63, 3.8) is 0 Å². The van der Waals surface area contributed by atoms with Gasteiger partial charge in [-0.15, -0.1) is 0 Å². The fourth-order valence-electron chi connectivity index (χ4n) is 2.90. The van der Waals surface area contributed by atoms with Crippen molar-refractivity contribution in [1.82, 2.24) is 19.5 Å². The van der Waals surface area contributed by atoms with Crippen LogP contribution in [0.1, 0.15) is 21.7 Å². The molecule has 0 atom stereocenters. The summed E-state index contributed by atoms with van der Waals surface area (Å²) in [6.07, 6.45) is 2.79. The Balaban J connectivity index is 2.14. The first-order valence-corrected chi connectivity index (χ1v) is 9.18. The minimum absolute atomic E-state index is 0.0463. The number of hydrogen-bond donors (Lipinski definition) is 2. The highest BCUT2D eigenvalue weighted by Crippen LogP contribution is 2.21. The molecule has 0 radical (unpaired) electrons. The molecule has 3 aromatic rings. The maximum Gasteiger partial charge on any atom is 0.330 e. The van der Waals surface area contributed by atoms with E-state index in [2.05, 4.69) is 15.0 Å². The van der Waals surface area contributed by atoms with Gasteiger partial charge in [0.2, 0.25) is 0 Å². The lowest BCUT2D eigenvalue weighted by molar-refractivity contribution is 0.0979. The van der Waals surface area contributed by atoms with Gasteiger partial charge in [-0.05, 0) is 12.5 Å². The molecule has 1 aromatic carbocycles. The van der Waals surface area contributed by atoms with E-state index < -0.39 is 17.2 Å². The van der Waals surface area contributed by atoms with Crippen LogP contribution >= 0.6 is 0 Å². The molecule has 0 saturated heterocycles. The average molecular weight is 410 g/mol. The number of ether oxygens (including phenoxy) is 1. The van der Waals surface area contributed by atoms with E-state index in [0.717, 1.165) is 10.1 Å². The number of benzene rings is 1. The molecule has 0 aliphatic carbocycles. The summed E-state index contributed by atoms with van der Waals surface area (Å²) in [7, 11) is 1.48. The Hall–Kier alpha value is -3.79. The number of aromatic amines is 1. The molecule has 2 aromatic heterocycles. The number of carbonyl (C=O) groups excluding carboxylic acids is 1. The molecule has 2 heterocycles. The van der Waals surface area contributed by atoms with E-state index in [1.54, 1.807) is 6.92 Å². The Morgan fingerprint density at radius 3 is 2.57 bits per heavy atom. The summed E-state index contributed by atoms with van der Waals surface area (Å²) in [6.45, 7) is 2.11. The molecule has 30 heavy (non-hydrogen) atoms. The van der Waals surface area contributed by atoms with Crippen molar-refractivity contribution in [3.8, 4) is 0 Å². The van der Waals surface area contributed by atoms with Gasteiger partial charge in [0.1, 0.15) is 11.5 Å². The molecule has 0 saturated carbocycles. The van der Waals surface area contributed by atoms with Crippen molar-refractivity contribution in [1.29, 1.82) is 0 Å². The Morgan fingerprint density at radius 1 is 1.20 bits per heavy atom. The standard InChI is InChI=1S/C20H22N6O4/c1-13-10-23-15(11-22-13)19(28)26(12-14-6-4-3-5-7-14)16-17(21)25(8-9-30-2)20(29)24-18(16)27/h3-7,10-11H,8-9,12,21H2,1-2H3,(H,24,27,29). The minimum atomic E-state index is -0.768. The van der Waals surface area contributed by atoms with E-state index in [0.29, 0.717) is 5.69 Å². The van der Waals surface area contributed by atoms with Gasteiger partial charge >= 0.3 is 5.69 Å². The van der Waals surface area contributed by atoms with Crippen LogP contribution in [-0.2, 0) is 17.8 Å². The normalized spacial score (nSPS) is 10.7. The number of rotatable bonds is 7. The first-order chi connectivity index (χ1) is 14.4. The molecule has 0 unspecified atom stereocenters. The number of methoxy groups -OCH3 is 1. The zero-order chi connectivity index (χ0) is 21.7. The van der Waals surface area contributed by atoms with Crippen molar-refractivity contribution in [2.75, 3.05) is 24.4 Å². The maximum absolute atomic E-state index is 13.3. The Kier molecular flexibility index (Phi) is 6.38. The summed E-state index contributed by atoms with van der Waals surface area (Å²) in [5.74, 6) is -0.703. The predicted octanol–water partition coefficient (Wildman–Crippen LogP) is 0.711. The minimum Gasteiger partial charge on any atom is -0.383 e. The van der Waals surface area contributed by atoms with Gasteiger partial charge < -0.3 is 10.5 Å². The largest absolute Gasteiger partial charge is 0.383 e. The molecule has 0 bridgehead atoms. The quantitative estimate of drug-likeness (QED) is 0.585. The van der Waals surface area contributed by atoms with Crippen molar-refractivity contribution in [2.24, 2.45) is 0 Å². The molecule has 10 heteroatoms. The number of aromatic nitrogens is 4. The van der Waals surface area contributed by atoms with Gasteiger partial charge in [0.05, 0.1) is 31.6 Å². The van der Waals surface area contributed by atoms with E-state index in [1.807, 2.05) is 30.3 Å². The highest BCUT2D eigenvalue weighted by Gasteiger charge is 2.26. The number of amides is 1. The topological polar surface area (TPSA) is 136 Å². The molecule has 156 valence electrons. The van der Waals surface area contributed by atoms with E-state index in [1.165, 1.54) is 24.4 Å². The van der Waals surface area contributed by atoms with Crippen molar-refractivity contribution in [3.05, 3.63) is 80.5 Å². The van der Waals surface area contributed by atoms with Gasteiger partial charge in [-0.1, -0.05) is 30.3 Å². The average Bonchev–Trinajstić information content (AvgIpc) is 2.73. The summed E-state index contributed by atoms with van der Waals surface area (Å²) in [6, 6.07) is 9.10. The predicted molar refractivity (Wildman–Crippen MR) is 111 cm³/mol. The number of nitrogen functional groups attached to an aromatic ring is 1. The van der Waals surface area contributed by atoms with Crippen molar-refractivity contribution < 1.29 is 9.53 Å². The Bertz CT molecular complexity index is 1140. The van der Waals surface area contributed by atoms with Crippen LogP contribution in [0.25, 0.3) is 0 Å². The first kappa shape index (κ1) is 20.9. The third-order valence-corrected chi connectivity index (χ3v) is 4.43. The van der Waals surface area contributed by atoms with Crippen LogP contribution in [0.2, 0.25) is 0 Å². The number of H-pyrrole nitrogens is 1. The zero-order valence-electron chi connectivity index (χ0n) is 16.7. The molecular weight excluding hydrogens is 388 g/mol. The number of carbonyl (C=O) groups is 1. The molecule has 0 fully saturated rings. The molecule has 0 aliphatic heterocycles. The molecule has 0 aliphatic rings. The van der Waals surface area contributed by atoms with Gasteiger partial charge in [-0.2, -0.15) is 0 Å². The number of nitrogens with two attached hydrogens (primary N) is 1. The third-order valence-electron chi connectivity index (χ3n) is 4.43. The lowest BCUT2D eigenvalue weighted by Gasteiger charge is -2.24. The smallest absolute Gasteiger partial charge is 0.330 e. The fourth-order valence-corrected chi connectivity index (χ4v) is 2.90. The van der Waals surface area contributed by atoms with Gasteiger partial charge in [0.25, 0.3) is 11.5 Å². The molecular formula is C20H22N6O4. The van der Waals surface area contributed by atoms with Crippen LogP contribution in [-0.4, -0.2) is 39.1 Å². The Morgan fingerprint density at radius 2 is 1.93 bits per heavy atom. The monoisotopic (exact) mass is 410 g/mol.